The van der Waals surface area contributed by atoms with Crippen LogP contribution in [-0.4, -0.2) is 65.4 Å². The second-order valence-electron chi connectivity index (χ2n) is 8.86. The maximum absolute atomic E-state index is 15.7. The van der Waals surface area contributed by atoms with E-state index in [0.29, 0.717) is 22.8 Å². The van der Waals surface area contributed by atoms with Gasteiger partial charge in [-0.2, -0.15) is 5.10 Å². The van der Waals surface area contributed by atoms with Crippen LogP contribution in [0, 0.1) is 5.82 Å². The fourth-order valence-electron chi connectivity index (χ4n) is 5.35. The third-order valence-corrected chi connectivity index (χ3v) is 7.06. The number of hydrogen-bond donors (Lipinski definition) is 2. The number of rotatable bonds is 3. The van der Waals surface area contributed by atoms with Gasteiger partial charge in [0.2, 0.25) is 5.91 Å². The van der Waals surface area contributed by atoms with E-state index in [4.69, 9.17) is 0 Å². The van der Waals surface area contributed by atoms with Gasteiger partial charge in [-0.1, -0.05) is 6.07 Å². The molecule has 31 heavy (non-hydrogen) atoms. The van der Waals surface area contributed by atoms with E-state index < -0.39 is 6.03 Å². The first kappa shape index (κ1) is 20.4. The predicted molar refractivity (Wildman–Crippen MR) is 116 cm³/mol. The third kappa shape index (κ3) is 3.70. The lowest BCUT2D eigenvalue weighted by Crippen LogP contribution is -2.49. The van der Waals surface area contributed by atoms with Crippen LogP contribution in [0.2, 0.25) is 0 Å². The molecule has 3 aliphatic rings. The summed E-state index contributed by atoms with van der Waals surface area (Å²) >= 11 is 0. The van der Waals surface area contributed by atoms with Gasteiger partial charge < -0.3 is 10.2 Å². The molecule has 0 spiro atoms. The molecule has 3 aliphatic heterocycles. The highest BCUT2D eigenvalue weighted by molar-refractivity contribution is 6.08. The Morgan fingerprint density at radius 3 is 2.52 bits per heavy atom. The molecule has 3 amide bonds. The molecule has 2 aromatic rings. The van der Waals surface area contributed by atoms with Gasteiger partial charge in [-0.3, -0.25) is 19.7 Å². The molecule has 0 unspecified atom stereocenters. The molecule has 0 aliphatic carbocycles. The molecule has 4 heterocycles. The Bertz CT molecular complexity index is 1010. The Hall–Kier alpha value is -2.52. The maximum atomic E-state index is 15.7. The number of fused-ring (bicyclic) bond motifs is 1. The summed E-state index contributed by atoms with van der Waals surface area (Å²) in [5.41, 5.74) is 1.16. The van der Waals surface area contributed by atoms with Crippen molar-refractivity contribution in [2.24, 2.45) is 7.05 Å². The smallest absolute Gasteiger partial charge is 0.317 e. The largest absolute Gasteiger partial charge is 0.329 e. The molecule has 1 aromatic carbocycles. The van der Waals surface area contributed by atoms with E-state index in [9.17, 15) is 9.59 Å². The molecular weight excluding hydrogens is 399 g/mol. The highest BCUT2D eigenvalue weighted by Gasteiger charge is 2.31. The number of urea groups is 1. The normalized spacial score (nSPS) is 22.3. The number of aryl methyl sites for hydroxylation is 1. The summed E-state index contributed by atoms with van der Waals surface area (Å²) in [5, 5.41) is 10.7. The Morgan fingerprint density at radius 2 is 1.81 bits per heavy atom. The van der Waals surface area contributed by atoms with Crippen LogP contribution in [0.5, 0.6) is 0 Å². The highest BCUT2D eigenvalue weighted by atomic mass is 19.1. The van der Waals surface area contributed by atoms with Gasteiger partial charge in [0, 0.05) is 31.4 Å². The van der Waals surface area contributed by atoms with Gasteiger partial charge in [-0.15, -0.1) is 0 Å². The van der Waals surface area contributed by atoms with Gasteiger partial charge in [-0.25, -0.2) is 9.18 Å². The summed E-state index contributed by atoms with van der Waals surface area (Å²) < 4.78 is 17.2. The first-order valence-electron chi connectivity index (χ1n) is 11.2. The Balaban J connectivity index is 1.38. The first-order valence-corrected chi connectivity index (χ1v) is 11.2. The lowest BCUT2D eigenvalue weighted by Gasteiger charge is -2.39. The van der Waals surface area contributed by atoms with E-state index in [1.54, 1.807) is 7.05 Å². The molecule has 0 saturated carbocycles. The van der Waals surface area contributed by atoms with Crippen molar-refractivity contribution in [3.05, 3.63) is 23.5 Å². The van der Waals surface area contributed by atoms with Crippen LogP contribution in [0.1, 0.15) is 43.6 Å². The van der Waals surface area contributed by atoms with Gasteiger partial charge in [0.25, 0.3) is 0 Å². The van der Waals surface area contributed by atoms with Crippen molar-refractivity contribution in [3.8, 4) is 0 Å². The number of nitrogens with zero attached hydrogens (tertiary/aromatic N) is 4. The van der Waals surface area contributed by atoms with E-state index in [0.717, 1.165) is 44.6 Å². The van der Waals surface area contributed by atoms with Gasteiger partial charge in [0.1, 0.15) is 5.52 Å². The highest BCUT2D eigenvalue weighted by Crippen LogP contribution is 2.36. The molecule has 5 rings (SSSR count). The SMILES string of the molecule is Cn1nc(N2CCC(=O)NC2=O)c2ccc(C3CCN(C4CCNCC4)CC3)c(F)c21. The number of hydrogen-bond acceptors (Lipinski definition) is 5. The first-order chi connectivity index (χ1) is 15.0. The van der Waals surface area contributed by atoms with Crippen LogP contribution in [0.3, 0.4) is 0 Å². The molecule has 9 heteroatoms. The minimum atomic E-state index is -0.508. The van der Waals surface area contributed by atoms with E-state index in [1.165, 1.54) is 22.4 Å². The number of anilines is 1. The molecule has 166 valence electrons. The van der Waals surface area contributed by atoms with Crippen molar-refractivity contribution in [2.75, 3.05) is 37.6 Å². The molecule has 0 atom stereocenters. The molecule has 0 radical (unpaired) electrons. The van der Waals surface area contributed by atoms with Crippen molar-refractivity contribution in [1.29, 1.82) is 0 Å². The van der Waals surface area contributed by atoms with Crippen LogP contribution in [0.25, 0.3) is 10.9 Å². The number of imide groups is 1. The molecule has 0 bridgehead atoms. The van der Waals surface area contributed by atoms with E-state index in [2.05, 4.69) is 20.6 Å². The average molecular weight is 429 g/mol. The van der Waals surface area contributed by atoms with Crippen LogP contribution in [0.4, 0.5) is 15.0 Å². The molecular formula is C22H29FN6O2. The molecule has 3 saturated heterocycles. The number of benzene rings is 1. The number of aromatic nitrogens is 2. The van der Waals surface area contributed by atoms with Gasteiger partial charge in [0.15, 0.2) is 11.6 Å². The summed E-state index contributed by atoms with van der Waals surface area (Å²) in [6, 6.07) is 3.88. The van der Waals surface area contributed by atoms with E-state index >= 15 is 4.39 Å². The molecule has 8 nitrogen and oxygen atoms in total. The second kappa shape index (κ2) is 8.20. The van der Waals surface area contributed by atoms with Crippen molar-refractivity contribution in [2.45, 2.75) is 44.1 Å². The van der Waals surface area contributed by atoms with Crippen LogP contribution in [0.15, 0.2) is 12.1 Å². The maximum Gasteiger partial charge on any atom is 0.329 e. The minimum Gasteiger partial charge on any atom is -0.317 e. The Kier molecular flexibility index (Phi) is 5.39. The van der Waals surface area contributed by atoms with Gasteiger partial charge in [-0.05, 0) is 69.4 Å². The van der Waals surface area contributed by atoms with E-state index in [-0.39, 0.29) is 30.6 Å². The fourth-order valence-corrected chi connectivity index (χ4v) is 5.35. The summed E-state index contributed by atoms with van der Waals surface area (Å²) in [5.74, 6) is 0.0450. The topological polar surface area (TPSA) is 82.5 Å². The second-order valence-corrected chi connectivity index (χ2v) is 8.86. The zero-order valence-electron chi connectivity index (χ0n) is 17.9. The van der Waals surface area contributed by atoms with Crippen molar-refractivity contribution < 1.29 is 14.0 Å². The third-order valence-electron chi connectivity index (χ3n) is 7.06. The summed E-state index contributed by atoms with van der Waals surface area (Å²) in [4.78, 5) is 27.7. The zero-order valence-corrected chi connectivity index (χ0v) is 17.9. The Morgan fingerprint density at radius 1 is 1.06 bits per heavy atom. The lowest BCUT2D eigenvalue weighted by atomic mass is 9.87. The zero-order chi connectivity index (χ0) is 21.5. The summed E-state index contributed by atoms with van der Waals surface area (Å²) in [6.45, 7) is 4.43. The Labute approximate surface area is 180 Å². The standard InChI is InChI=1S/C22H29FN6O2/c1-27-20-17(21(26-27)29-13-8-18(30)25-22(29)31)3-2-16(19(20)23)14-6-11-28(12-7-14)15-4-9-24-10-5-15/h2-3,14-15,24H,4-13H2,1H3,(H,25,30,31). The number of amides is 3. The number of likely N-dealkylation sites (tertiary alicyclic amines) is 1. The summed E-state index contributed by atoms with van der Waals surface area (Å²) in [6.07, 6.45) is 4.50. The van der Waals surface area contributed by atoms with Crippen LogP contribution >= 0.6 is 0 Å². The van der Waals surface area contributed by atoms with Crippen LogP contribution in [-0.2, 0) is 11.8 Å². The predicted octanol–water partition coefficient (Wildman–Crippen LogP) is 2.09. The lowest BCUT2D eigenvalue weighted by molar-refractivity contribution is -0.120. The van der Waals surface area contributed by atoms with Crippen LogP contribution < -0.4 is 15.5 Å². The summed E-state index contributed by atoms with van der Waals surface area (Å²) in [7, 11) is 1.70. The number of piperidine rings is 2. The molecule has 3 fully saturated rings. The van der Waals surface area contributed by atoms with Crippen molar-refractivity contribution in [1.82, 2.24) is 25.3 Å². The van der Waals surface area contributed by atoms with E-state index in [1.807, 2.05) is 12.1 Å². The number of halogens is 1. The molecule has 1 aromatic heterocycles. The number of carbonyl (C=O) groups is 2. The quantitative estimate of drug-likeness (QED) is 0.782. The minimum absolute atomic E-state index is 0.191. The number of nitrogens with one attached hydrogen (secondary N) is 2. The fraction of sp³-hybridized carbons (Fsp3) is 0.591. The van der Waals surface area contributed by atoms with Gasteiger partial charge >= 0.3 is 6.03 Å². The number of carbonyl (C=O) groups excluding carboxylic acids is 2. The van der Waals surface area contributed by atoms with Gasteiger partial charge in [0.05, 0.1) is 0 Å². The monoisotopic (exact) mass is 428 g/mol. The molecule has 2 N–H and O–H groups in total. The average Bonchev–Trinajstić information content (AvgIpc) is 3.12. The van der Waals surface area contributed by atoms with Crippen molar-refractivity contribution >= 4 is 28.7 Å². The van der Waals surface area contributed by atoms with Crippen molar-refractivity contribution in [3.63, 3.8) is 0 Å².